The highest BCUT2D eigenvalue weighted by Crippen LogP contribution is 2.26. The van der Waals surface area contributed by atoms with E-state index in [-0.39, 0.29) is 0 Å². The lowest BCUT2D eigenvalue weighted by Crippen LogP contribution is -2.39. The van der Waals surface area contributed by atoms with Crippen LogP contribution in [0.5, 0.6) is 0 Å². The molecule has 1 fully saturated rings. The van der Waals surface area contributed by atoms with Gasteiger partial charge in [0.2, 0.25) is 0 Å². The number of aromatic nitrogens is 1. The summed E-state index contributed by atoms with van der Waals surface area (Å²) < 4.78 is 0. The summed E-state index contributed by atoms with van der Waals surface area (Å²) in [6.45, 7) is 8.87. The zero-order chi connectivity index (χ0) is 11.7. The summed E-state index contributed by atoms with van der Waals surface area (Å²) in [4.78, 5) is 6.80. The largest absolute Gasteiger partial charge is 0.356 e. The summed E-state index contributed by atoms with van der Waals surface area (Å²) in [7, 11) is 0. The van der Waals surface area contributed by atoms with Crippen molar-refractivity contribution in [2.45, 2.75) is 27.2 Å². The molecule has 0 aromatic carbocycles. The molecule has 1 saturated heterocycles. The van der Waals surface area contributed by atoms with Crippen LogP contribution in [0.3, 0.4) is 0 Å². The molecule has 1 aliphatic rings. The maximum absolute atomic E-state index is 6.00. The molecule has 2 nitrogen and oxygen atoms in total. The van der Waals surface area contributed by atoms with E-state index in [1.807, 2.05) is 6.92 Å². The molecule has 0 saturated carbocycles. The number of piperidine rings is 1. The van der Waals surface area contributed by atoms with Gasteiger partial charge in [-0.15, -0.1) is 0 Å². The molecule has 2 heterocycles. The second-order valence-corrected chi connectivity index (χ2v) is 5.55. The number of nitrogens with zero attached hydrogens (tertiary/aromatic N) is 2. The van der Waals surface area contributed by atoms with Crippen LogP contribution in [0.1, 0.15) is 25.8 Å². The Bertz CT molecular complexity index is 368. The van der Waals surface area contributed by atoms with Crippen molar-refractivity contribution in [3.63, 3.8) is 0 Å². The molecule has 2 rings (SSSR count). The van der Waals surface area contributed by atoms with Gasteiger partial charge in [-0.2, -0.15) is 0 Å². The monoisotopic (exact) mass is 238 g/mol. The summed E-state index contributed by atoms with van der Waals surface area (Å²) in [5.74, 6) is 2.57. The van der Waals surface area contributed by atoms with E-state index < -0.39 is 0 Å². The number of anilines is 1. The van der Waals surface area contributed by atoms with E-state index in [9.17, 15) is 0 Å². The number of pyridine rings is 1. The van der Waals surface area contributed by atoms with Crippen LogP contribution in [0.25, 0.3) is 0 Å². The van der Waals surface area contributed by atoms with Crippen LogP contribution >= 0.6 is 11.6 Å². The smallest absolute Gasteiger partial charge is 0.128 e. The summed E-state index contributed by atoms with van der Waals surface area (Å²) in [6, 6.07) is 2.09. The maximum Gasteiger partial charge on any atom is 0.128 e. The van der Waals surface area contributed by atoms with E-state index in [0.29, 0.717) is 0 Å². The summed E-state index contributed by atoms with van der Waals surface area (Å²) in [6.07, 6.45) is 3.08. The highest BCUT2D eigenvalue weighted by Gasteiger charge is 2.22. The van der Waals surface area contributed by atoms with Gasteiger partial charge in [-0.1, -0.05) is 25.4 Å². The lowest BCUT2D eigenvalue weighted by Gasteiger charge is -2.35. The third-order valence-corrected chi connectivity index (χ3v) is 3.62. The standard InChI is InChI=1S/C13H19ClN2/c1-9-4-10(2)8-16(7-9)13-5-11(3)12(14)6-15-13/h5-6,9-10H,4,7-8H2,1-3H3. The second kappa shape index (κ2) is 4.62. The number of hydrogen-bond acceptors (Lipinski definition) is 2. The lowest BCUT2D eigenvalue weighted by atomic mass is 9.92. The van der Waals surface area contributed by atoms with Gasteiger partial charge in [0.15, 0.2) is 0 Å². The minimum absolute atomic E-state index is 0.751. The Morgan fingerprint density at radius 3 is 2.50 bits per heavy atom. The molecule has 2 atom stereocenters. The van der Waals surface area contributed by atoms with Gasteiger partial charge in [0.25, 0.3) is 0 Å². The molecule has 1 aromatic heterocycles. The summed E-state index contributed by atoms with van der Waals surface area (Å²) in [5.41, 5.74) is 1.11. The van der Waals surface area contributed by atoms with Gasteiger partial charge in [0.05, 0.1) is 5.02 Å². The Morgan fingerprint density at radius 1 is 1.31 bits per heavy atom. The van der Waals surface area contributed by atoms with Gasteiger partial charge in [0.1, 0.15) is 5.82 Å². The van der Waals surface area contributed by atoms with Crippen LogP contribution < -0.4 is 4.90 Å². The number of aryl methyl sites for hydroxylation is 1. The Kier molecular flexibility index (Phi) is 3.38. The van der Waals surface area contributed by atoms with Crippen LogP contribution in [0.4, 0.5) is 5.82 Å². The fourth-order valence-corrected chi connectivity index (χ4v) is 2.65. The van der Waals surface area contributed by atoms with E-state index >= 15 is 0 Å². The number of hydrogen-bond donors (Lipinski definition) is 0. The predicted molar refractivity (Wildman–Crippen MR) is 69.1 cm³/mol. The SMILES string of the molecule is Cc1cc(N2CC(C)CC(C)C2)ncc1Cl. The average molecular weight is 239 g/mol. The molecule has 1 aliphatic heterocycles. The fraction of sp³-hybridized carbons (Fsp3) is 0.615. The molecule has 0 radical (unpaired) electrons. The van der Waals surface area contributed by atoms with E-state index in [1.165, 1.54) is 6.42 Å². The van der Waals surface area contributed by atoms with Gasteiger partial charge in [-0.05, 0) is 36.8 Å². The van der Waals surface area contributed by atoms with Crippen LogP contribution in [-0.2, 0) is 0 Å². The first-order valence-electron chi connectivity index (χ1n) is 5.93. The molecule has 0 aliphatic carbocycles. The maximum atomic E-state index is 6.00. The highest BCUT2D eigenvalue weighted by atomic mass is 35.5. The van der Waals surface area contributed by atoms with Crippen molar-refractivity contribution in [1.82, 2.24) is 4.98 Å². The first-order valence-corrected chi connectivity index (χ1v) is 6.31. The molecule has 0 bridgehead atoms. The van der Waals surface area contributed by atoms with Crippen LogP contribution in [0, 0.1) is 18.8 Å². The molecule has 16 heavy (non-hydrogen) atoms. The van der Waals surface area contributed by atoms with Gasteiger partial charge >= 0.3 is 0 Å². The minimum atomic E-state index is 0.751. The van der Waals surface area contributed by atoms with Gasteiger partial charge in [0, 0.05) is 19.3 Å². The quantitative estimate of drug-likeness (QED) is 0.744. The average Bonchev–Trinajstić information content (AvgIpc) is 2.20. The molecule has 88 valence electrons. The topological polar surface area (TPSA) is 16.1 Å². The Balaban J connectivity index is 2.19. The van der Waals surface area contributed by atoms with Crippen LogP contribution in [0.15, 0.2) is 12.3 Å². The third kappa shape index (κ3) is 2.49. The van der Waals surface area contributed by atoms with E-state index in [2.05, 4.69) is 29.8 Å². The van der Waals surface area contributed by atoms with Crippen LogP contribution in [0.2, 0.25) is 5.02 Å². The highest BCUT2D eigenvalue weighted by molar-refractivity contribution is 6.31. The molecule has 0 N–H and O–H groups in total. The van der Waals surface area contributed by atoms with Crippen molar-refractivity contribution in [1.29, 1.82) is 0 Å². The second-order valence-electron chi connectivity index (χ2n) is 5.14. The normalized spacial score (nSPS) is 25.9. The Morgan fingerprint density at radius 2 is 1.94 bits per heavy atom. The molecule has 3 heteroatoms. The zero-order valence-corrected chi connectivity index (χ0v) is 11.0. The molecule has 0 spiro atoms. The first kappa shape index (κ1) is 11.7. The van der Waals surface area contributed by atoms with Crippen LogP contribution in [-0.4, -0.2) is 18.1 Å². The molecular formula is C13H19ClN2. The summed E-state index contributed by atoms with van der Waals surface area (Å²) >= 11 is 6.00. The van der Waals surface area contributed by atoms with E-state index in [1.54, 1.807) is 6.20 Å². The van der Waals surface area contributed by atoms with Crippen molar-refractivity contribution in [3.05, 3.63) is 22.8 Å². The van der Waals surface area contributed by atoms with Gasteiger partial charge < -0.3 is 4.90 Å². The predicted octanol–water partition coefficient (Wildman–Crippen LogP) is 3.53. The van der Waals surface area contributed by atoms with Gasteiger partial charge in [-0.3, -0.25) is 0 Å². The van der Waals surface area contributed by atoms with Crippen molar-refractivity contribution in [3.8, 4) is 0 Å². The fourth-order valence-electron chi connectivity index (χ4n) is 2.55. The third-order valence-electron chi connectivity index (χ3n) is 3.23. The van der Waals surface area contributed by atoms with E-state index in [4.69, 9.17) is 11.6 Å². The van der Waals surface area contributed by atoms with E-state index in [0.717, 1.165) is 41.3 Å². The Labute approximate surface area is 103 Å². The van der Waals surface area contributed by atoms with Crippen molar-refractivity contribution < 1.29 is 0 Å². The molecule has 0 amide bonds. The first-order chi connectivity index (χ1) is 7.56. The molecule has 2 unspecified atom stereocenters. The lowest BCUT2D eigenvalue weighted by molar-refractivity contribution is 0.355. The Hall–Kier alpha value is -0.760. The zero-order valence-electron chi connectivity index (χ0n) is 10.2. The minimum Gasteiger partial charge on any atom is -0.356 e. The van der Waals surface area contributed by atoms with Crippen molar-refractivity contribution in [2.24, 2.45) is 11.8 Å². The number of halogens is 1. The summed E-state index contributed by atoms with van der Waals surface area (Å²) in [5, 5.41) is 0.752. The van der Waals surface area contributed by atoms with Crippen molar-refractivity contribution >= 4 is 17.4 Å². The number of rotatable bonds is 1. The van der Waals surface area contributed by atoms with Crippen molar-refractivity contribution in [2.75, 3.05) is 18.0 Å². The van der Waals surface area contributed by atoms with Gasteiger partial charge in [-0.25, -0.2) is 4.98 Å². The molecule has 1 aromatic rings. The molecular weight excluding hydrogens is 220 g/mol.